The maximum absolute atomic E-state index is 13.1. The van der Waals surface area contributed by atoms with Gasteiger partial charge in [-0.1, -0.05) is 39.8 Å². The molecule has 0 fully saturated rings. The van der Waals surface area contributed by atoms with E-state index < -0.39 is 0 Å². The van der Waals surface area contributed by atoms with E-state index in [9.17, 15) is 4.79 Å². The molecule has 0 radical (unpaired) electrons. The first-order valence-electron chi connectivity index (χ1n) is 12.1. The van der Waals surface area contributed by atoms with Crippen LogP contribution in [0.5, 0.6) is 5.75 Å². The van der Waals surface area contributed by atoms with Crippen molar-refractivity contribution in [3.63, 3.8) is 0 Å². The van der Waals surface area contributed by atoms with Crippen LogP contribution in [0, 0.1) is 0 Å². The summed E-state index contributed by atoms with van der Waals surface area (Å²) < 4.78 is 11.2. The Hall–Kier alpha value is -3.05. The smallest absolute Gasteiger partial charge is 0.261 e. The second kappa shape index (κ2) is 9.90. The molecular formula is C30H35NO3S. The number of carbonyl (C=O) groups is 1. The molecule has 0 spiro atoms. The van der Waals surface area contributed by atoms with Gasteiger partial charge in [0.2, 0.25) is 0 Å². The van der Waals surface area contributed by atoms with Crippen LogP contribution in [0.1, 0.15) is 73.5 Å². The van der Waals surface area contributed by atoms with Crippen LogP contribution in [0.3, 0.4) is 0 Å². The van der Waals surface area contributed by atoms with Crippen LogP contribution >= 0.6 is 11.3 Å². The first-order chi connectivity index (χ1) is 16.6. The van der Waals surface area contributed by atoms with Crippen molar-refractivity contribution in [1.82, 2.24) is 5.32 Å². The van der Waals surface area contributed by atoms with Gasteiger partial charge in [0.15, 0.2) is 0 Å². The molecule has 1 amide bonds. The van der Waals surface area contributed by atoms with Crippen LogP contribution in [0.2, 0.25) is 0 Å². The van der Waals surface area contributed by atoms with E-state index in [0.717, 1.165) is 34.8 Å². The Morgan fingerprint density at radius 2 is 1.89 bits per heavy atom. The van der Waals surface area contributed by atoms with Crippen LogP contribution in [0.4, 0.5) is 0 Å². The molecule has 1 aliphatic rings. The van der Waals surface area contributed by atoms with E-state index in [-0.39, 0.29) is 22.8 Å². The number of benzene rings is 1. The first kappa shape index (κ1) is 25.1. The number of hydrogen-bond donors (Lipinski definition) is 1. The van der Waals surface area contributed by atoms with Crippen molar-refractivity contribution in [1.29, 1.82) is 0 Å². The number of furan rings is 1. The van der Waals surface area contributed by atoms with Crippen molar-refractivity contribution in [2.45, 2.75) is 63.8 Å². The minimum atomic E-state index is -0.169. The molecule has 1 aromatic carbocycles. The second-order valence-electron chi connectivity index (χ2n) is 10.5. The highest BCUT2D eigenvalue weighted by atomic mass is 32.1. The SMILES string of the molecule is C=CCC(/C=C/c1ccco1)NC(=O)c1ccc(-c2cc3c(cc2OC)C(C)(C)CCC3(C)C)s1. The third kappa shape index (κ3) is 5.30. The molecule has 5 heteroatoms. The number of thiophene rings is 1. The van der Waals surface area contributed by atoms with Crippen LogP contribution in [0.15, 0.2) is 65.8 Å². The topological polar surface area (TPSA) is 51.5 Å². The van der Waals surface area contributed by atoms with Gasteiger partial charge in [-0.15, -0.1) is 17.9 Å². The highest BCUT2D eigenvalue weighted by Crippen LogP contribution is 2.49. The fourth-order valence-electron chi connectivity index (χ4n) is 4.76. The Bertz CT molecular complexity index is 1230. The molecule has 3 aromatic rings. The molecule has 35 heavy (non-hydrogen) atoms. The summed E-state index contributed by atoms with van der Waals surface area (Å²) in [5.74, 6) is 1.50. The van der Waals surface area contributed by atoms with E-state index in [1.807, 2.05) is 36.4 Å². The van der Waals surface area contributed by atoms with Gasteiger partial charge < -0.3 is 14.5 Å². The fraction of sp³-hybridized carbons (Fsp3) is 0.367. The van der Waals surface area contributed by atoms with E-state index in [2.05, 4.69) is 51.7 Å². The largest absolute Gasteiger partial charge is 0.496 e. The van der Waals surface area contributed by atoms with Gasteiger partial charge in [0.1, 0.15) is 11.5 Å². The Morgan fingerprint density at radius 1 is 1.17 bits per heavy atom. The predicted octanol–water partition coefficient (Wildman–Crippen LogP) is 7.75. The van der Waals surface area contributed by atoms with Crippen LogP contribution in [-0.4, -0.2) is 19.1 Å². The van der Waals surface area contributed by atoms with Crippen LogP contribution in [0.25, 0.3) is 16.5 Å². The lowest BCUT2D eigenvalue weighted by Gasteiger charge is -2.42. The Morgan fingerprint density at radius 3 is 2.51 bits per heavy atom. The van der Waals surface area contributed by atoms with Gasteiger partial charge in [0, 0.05) is 10.4 Å². The molecule has 1 atom stereocenters. The van der Waals surface area contributed by atoms with Crippen molar-refractivity contribution < 1.29 is 13.9 Å². The van der Waals surface area contributed by atoms with Crippen molar-refractivity contribution in [3.8, 4) is 16.2 Å². The number of amides is 1. The molecule has 2 aromatic heterocycles. The molecule has 1 aliphatic carbocycles. The summed E-state index contributed by atoms with van der Waals surface area (Å²) in [4.78, 5) is 14.8. The van der Waals surface area contributed by atoms with E-state index in [1.54, 1.807) is 19.4 Å². The lowest BCUT2D eigenvalue weighted by Crippen LogP contribution is -2.33. The minimum absolute atomic E-state index is 0.0988. The fourth-order valence-corrected chi connectivity index (χ4v) is 5.69. The lowest BCUT2D eigenvalue weighted by atomic mass is 9.63. The zero-order valence-corrected chi connectivity index (χ0v) is 22.1. The molecule has 1 unspecified atom stereocenters. The monoisotopic (exact) mass is 489 g/mol. The van der Waals surface area contributed by atoms with Crippen LogP contribution in [-0.2, 0) is 10.8 Å². The third-order valence-electron chi connectivity index (χ3n) is 7.04. The second-order valence-corrected chi connectivity index (χ2v) is 11.6. The molecule has 0 saturated carbocycles. The maximum Gasteiger partial charge on any atom is 0.261 e. The Balaban J connectivity index is 1.61. The highest BCUT2D eigenvalue weighted by Gasteiger charge is 2.38. The summed E-state index contributed by atoms with van der Waals surface area (Å²) in [5.41, 5.74) is 3.99. The average Bonchev–Trinajstić information content (AvgIpc) is 3.52. The molecule has 4 nitrogen and oxygen atoms in total. The number of fused-ring (bicyclic) bond motifs is 1. The van der Waals surface area contributed by atoms with Crippen molar-refractivity contribution in [3.05, 3.63) is 83.2 Å². The molecule has 0 bridgehead atoms. The molecular weight excluding hydrogens is 454 g/mol. The lowest BCUT2D eigenvalue weighted by molar-refractivity contribution is 0.0949. The van der Waals surface area contributed by atoms with Crippen molar-refractivity contribution in [2.24, 2.45) is 0 Å². The number of ether oxygens (including phenoxy) is 1. The normalized spacial score (nSPS) is 17.1. The summed E-state index contributed by atoms with van der Waals surface area (Å²) in [5, 5.41) is 3.10. The summed E-state index contributed by atoms with van der Waals surface area (Å²) >= 11 is 1.49. The third-order valence-corrected chi connectivity index (χ3v) is 8.16. The van der Waals surface area contributed by atoms with E-state index in [0.29, 0.717) is 11.3 Å². The van der Waals surface area contributed by atoms with Crippen LogP contribution < -0.4 is 10.1 Å². The number of nitrogens with one attached hydrogen (secondary N) is 1. The molecule has 4 rings (SSSR count). The molecule has 0 saturated heterocycles. The van der Waals surface area contributed by atoms with Crippen molar-refractivity contribution in [2.75, 3.05) is 7.11 Å². The van der Waals surface area contributed by atoms with Gasteiger partial charge in [0.05, 0.1) is 24.3 Å². The average molecular weight is 490 g/mol. The number of hydrogen-bond acceptors (Lipinski definition) is 4. The molecule has 1 N–H and O–H groups in total. The first-order valence-corrected chi connectivity index (χ1v) is 12.9. The highest BCUT2D eigenvalue weighted by molar-refractivity contribution is 7.17. The van der Waals surface area contributed by atoms with Gasteiger partial charge in [-0.2, -0.15) is 0 Å². The van der Waals surface area contributed by atoms with Gasteiger partial charge in [0.25, 0.3) is 5.91 Å². The molecule has 0 aliphatic heterocycles. The summed E-state index contributed by atoms with van der Waals surface area (Å²) in [6.45, 7) is 13.1. The quantitative estimate of drug-likeness (QED) is 0.329. The number of methoxy groups -OCH3 is 1. The molecule has 2 heterocycles. The van der Waals surface area contributed by atoms with E-state index >= 15 is 0 Å². The standard InChI is InChI=1S/C30H35NO3S/c1-7-9-20(11-12-21-10-8-17-34-21)31-28(32)27-14-13-26(35-27)22-18-23-24(19-25(22)33-6)30(4,5)16-15-29(23,2)3/h7-8,10-14,17-20H,1,9,15-16H2,2-6H3,(H,31,32)/b12-11+. The summed E-state index contributed by atoms with van der Waals surface area (Å²) in [7, 11) is 1.72. The Labute approximate surface area is 212 Å². The number of rotatable bonds is 8. The van der Waals surface area contributed by atoms with Gasteiger partial charge in [-0.05, 0) is 83.7 Å². The van der Waals surface area contributed by atoms with E-state index in [4.69, 9.17) is 9.15 Å². The minimum Gasteiger partial charge on any atom is -0.496 e. The zero-order valence-electron chi connectivity index (χ0n) is 21.3. The predicted molar refractivity (Wildman–Crippen MR) is 145 cm³/mol. The Kier molecular flexibility index (Phi) is 7.09. The summed E-state index contributed by atoms with van der Waals surface area (Å²) in [6.07, 6.45) is 10.2. The van der Waals surface area contributed by atoms with Gasteiger partial charge in [-0.25, -0.2) is 0 Å². The van der Waals surface area contributed by atoms with E-state index in [1.165, 1.54) is 22.5 Å². The van der Waals surface area contributed by atoms with Gasteiger partial charge in [-0.3, -0.25) is 4.79 Å². The van der Waals surface area contributed by atoms with Gasteiger partial charge >= 0.3 is 0 Å². The maximum atomic E-state index is 13.1. The summed E-state index contributed by atoms with van der Waals surface area (Å²) in [6, 6.07) is 12.0. The zero-order chi connectivity index (χ0) is 25.2. The molecule has 184 valence electrons. The van der Waals surface area contributed by atoms with Crippen molar-refractivity contribution >= 4 is 23.3 Å². The number of carbonyl (C=O) groups excluding carboxylic acids is 1.